The van der Waals surface area contributed by atoms with Gasteiger partial charge in [-0.3, -0.25) is 0 Å². The molecule has 18 heavy (non-hydrogen) atoms. The normalized spacial score (nSPS) is 38.3. The van der Waals surface area contributed by atoms with Crippen LogP contribution >= 0.6 is 0 Å². The van der Waals surface area contributed by atoms with Gasteiger partial charge in [-0.05, 0) is 44.6 Å². The van der Waals surface area contributed by atoms with Crippen molar-refractivity contribution in [2.75, 3.05) is 32.8 Å². The third-order valence-electron chi connectivity index (χ3n) is 5.12. The van der Waals surface area contributed by atoms with Crippen LogP contribution in [-0.4, -0.2) is 49.8 Å². The highest BCUT2D eigenvalue weighted by Crippen LogP contribution is 2.35. The fourth-order valence-electron chi connectivity index (χ4n) is 4.13. The van der Waals surface area contributed by atoms with Gasteiger partial charge in [-0.1, -0.05) is 12.8 Å². The van der Waals surface area contributed by atoms with Crippen LogP contribution in [0.2, 0.25) is 0 Å². The maximum Gasteiger partial charge on any atom is 0.0620 e. The van der Waals surface area contributed by atoms with Crippen molar-refractivity contribution < 1.29 is 4.74 Å². The van der Waals surface area contributed by atoms with Crippen LogP contribution in [0.25, 0.3) is 0 Å². The van der Waals surface area contributed by atoms with Crippen molar-refractivity contribution in [1.29, 1.82) is 0 Å². The van der Waals surface area contributed by atoms with Crippen LogP contribution in [0.1, 0.15) is 44.9 Å². The second-order valence-electron chi connectivity index (χ2n) is 6.30. The molecule has 0 radical (unpaired) electrons. The summed E-state index contributed by atoms with van der Waals surface area (Å²) in [7, 11) is 0. The van der Waals surface area contributed by atoms with E-state index >= 15 is 0 Å². The van der Waals surface area contributed by atoms with Crippen LogP contribution < -0.4 is 5.32 Å². The molecule has 2 heterocycles. The number of hydrogen-bond acceptors (Lipinski definition) is 3. The first-order chi connectivity index (χ1) is 8.93. The average molecular weight is 252 g/mol. The molecule has 0 aromatic rings. The Hall–Kier alpha value is -0.120. The Balaban J connectivity index is 1.48. The van der Waals surface area contributed by atoms with Crippen LogP contribution in [-0.2, 0) is 4.74 Å². The average Bonchev–Trinajstić information content (AvgIpc) is 2.46. The van der Waals surface area contributed by atoms with Gasteiger partial charge in [0.2, 0.25) is 0 Å². The molecule has 1 saturated carbocycles. The Morgan fingerprint density at radius 1 is 1.11 bits per heavy atom. The van der Waals surface area contributed by atoms with E-state index in [2.05, 4.69) is 10.2 Å². The van der Waals surface area contributed by atoms with Crippen LogP contribution in [0.4, 0.5) is 0 Å². The minimum absolute atomic E-state index is 0.600. The number of nitrogens with zero attached hydrogens (tertiary/aromatic N) is 1. The van der Waals surface area contributed by atoms with Gasteiger partial charge in [-0.25, -0.2) is 0 Å². The van der Waals surface area contributed by atoms with Crippen LogP contribution in [0.3, 0.4) is 0 Å². The maximum absolute atomic E-state index is 5.55. The molecule has 0 bridgehead atoms. The lowest BCUT2D eigenvalue weighted by Crippen LogP contribution is -2.49. The summed E-state index contributed by atoms with van der Waals surface area (Å²) in [5, 5.41) is 3.58. The van der Waals surface area contributed by atoms with E-state index < -0.39 is 0 Å². The second-order valence-corrected chi connectivity index (χ2v) is 6.30. The molecular formula is C15H28N2O. The number of likely N-dealkylation sites (tertiary alicyclic amines) is 1. The molecule has 104 valence electrons. The Morgan fingerprint density at radius 3 is 2.89 bits per heavy atom. The first-order valence-corrected chi connectivity index (χ1v) is 7.98. The van der Waals surface area contributed by atoms with E-state index in [1.54, 1.807) is 0 Å². The summed E-state index contributed by atoms with van der Waals surface area (Å²) in [5.74, 6) is 1.02. The van der Waals surface area contributed by atoms with Crippen LogP contribution in [0.15, 0.2) is 0 Å². The number of piperidine rings is 1. The Kier molecular flexibility index (Phi) is 4.55. The molecule has 2 aliphatic heterocycles. The zero-order chi connectivity index (χ0) is 12.2. The van der Waals surface area contributed by atoms with E-state index in [1.807, 2.05) is 0 Å². The summed E-state index contributed by atoms with van der Waals surface area (Å²) in [6.45, 7) is 5.47. The smallest absolute Gasteiger partial charge is 0.0620 e. The molecule has 0 aromatic heterocycles. The van der Waals surface area contributed by atoms with Crippen molar-refractivity contribution >= 4 is 0 Å². The van der Waals surface area contributed by atoms with E-state index in [9.17, 15) is 0 Å². The molecule has 3 nitrogen and oxygen atoms in total. The second kappa shape index (κ2) is 6.36. The first kappa shape index (κ1) is 12.9. The van der Waals surface area contributed by atoms with Gasteiger partial charge < -0.3 is 15.0 Å². The molecule has 3 aliphatic rings. The van der Waals surface area contributed by atoms with Gasteiger partial charge in [0, 0.05) is 25.2 Å². The monoisotopic (exact) mass is 252 g/mol. The highest BCUT2D eigenvalue weighted by Gasteiger charge is 2.33. The van der Waals surface area contributed by atoms with Gasteiger partial charge >= 0.3 is 0 Å². The predicted octanol–water partition coefficient (Wildman–Crippen LogP) is 2.02. The summed E-state index contributed by atoms with van der Waals surface area (Å²) >= 11 is 0. The van der Waals surface area contributed by atoms with E-state index in [0.717, 1.165) is 31.7 Å². The van der Waals surface area contributed by atoms with Crippen molar-refractivity contribution in [3.8, 4) is 0 Å². The van der Waals surface area contributed by atoms with Crippen LogP contribution in [0.5, 0.6) is 0 Å². The van der Waals surface area contributed by atoms with Gasteiger partial charge in [-0.2, -0.15) is 0 Å². The number of hydrogen-bond donors (Lipinski definition) is 1. The molecule has 3 fully saturated rings. The minimum atomic E-state index is 0.600. The number of fused-ring (bicyclic) bond motifs is 1. The summed E-state index contributed by atoms with van der Waals surface area (Å²) in [4.78, 5) is 2.80. The number of ether oxygens (including phenoxy) is 1. The minimum Gasteiger partial charge on any atom is -0.379 e. The lowest BCUT2D eigenvalue weighted by atomic mass is 9.78. The Morgan fingerprint density at radius 2 is 2.00 bits per heavy atom. The third kappa shape index (κ3) is 3.06. The summed E-state index contributed by atoms with van der Waals surface area (Å²) in [5.41, 5.74) is 0. The predicted molar refractivity (Wildman–Crippen MR) is 73.8 cm³/mol. The molecule has 3 heteroatoms. The molecule has 1 N–H and O–H groups in total. The van der Waals surface area contributed by atoms with Crippen molar-refractivity contribution in [2.45, 2.75) is 57.0 Å². The number of morpholine rings is 1. The lowest BCUT2D eigenvalue weighted by molar-refractivity contribution is 0.0407. The standard InChI is InChI=1S/C15H28N2O/c1-2-6-15-13(4-1)5-3-9-17(15)10-7-14-12-18-11-8-16-14/h13-16H,1-12H2/t13-,14?,15-/m1/s1. The van der Waals surface area contributed by atoms with Crippen LogP contribution in [0, 0.1) is 5.92 Å². The van der Waals surface area contributed by atoms with E-state index in [1.165, 1.54) is 58.0 Å². The quantitative estimate of drug-likeness (QED) is 0.831. The fraction of sp³-hybridized carbons (Fsp3) is 1.00. The molecule has 3 atom stereocenters. The topological polar surface area (TPSA) is 24.5 Å². The largest absolute Gasteiger partial charge is 0.379 e. The molecule has 0 aromatic carbocycles. The van der Waals surface area contributed by atoms with Crippen molar-refractivity contribution in [3.05, 3.63) is 0 Å². The van der Waals surface area contributed by atoms with E-state index in [0.29, 0.717) is 6.04 Å². The van der Waals surface area contributed by atoms with Gasteiger partial charge in [0.05, 0.1) is 13.2 Å². The molecule has 0 spiro atoms. The lowest BCUT2D eigenvalue weighted by Gasteiger charge is -2.44. The van der Waals surface area contributed by atoms with Gasteiger partial charge in [0.25, 0.3) is 0 Å². The summed E-state index contributed by atoms with van der Waals surface area (Å²) in [6, 6.07) is 1.51. The third-order valence-corrected chi connectivity index (χ3v) is 5.12. The highest BCUT2D eigenvalue weighted by molar-refractivity contribution is 4.88. The first-order valence-electron chi connectivity index (χ1n) is 7.98. The molecule has 1 unspecified atom stereocenters. The van der Waals surface area contributed by atoms with Gasteiger partial charge in [0.1, 0.15) is 0 Å². The van der Waals surface area contributed by atoms with Gasteiger partial charge in [0.15, 0.2) is 0 Å². The summed E-state index contributed by atoms with van der Waals surface area (Å²) in [6.07, 6.45) is 10.1. The Bertz CT molecular complexity index is 251. The number of nitrogens with one attached hydrogen (secondary N) is 1. The fourth-order valence-corrected chi connectivity index (χ4v) is 4.13. The SMILES string of the molecule is C1CC[C@@H]2[C@H](C1)CCCN2CCC1COCCN1. The molecule has 2 saturated heterocycles. The van der Waals surface area contributed by atoms with Crippen molar-refractivity contribution in [3.63, 3.8) is 0 Å². The molecule has 1 aliphatic carbocycles. The van der Waals surface area contributed by atoms with Crippen molar-refractivity contribution in [2.24, 2.45) is 5.92 Å². The van der Waals surface area contributed by atoms with Crippen molar-refractivity contribution in [1.82, 2.24) is 10.2 Å². The van der Waals surface area contributed by atoms with E-state index in [-0.39, 0.29) is 0 Å². The van der Waals surface area contributed by atoms with Gasteiger partial charge in [-0.15, -0.1) is 0 Å². The molecule has 3 rings (SSSR count). The zero-order valence-electron chi connectivity index (χ0n) is 11.6. The van der Waals surface area contributed by atoms with E-state index in [4.69, 9.17) is 4.74 Å². The number of rotatable bonds is 3. The highest BCUT2D eigenvalue weighted by atomic mass is 16.5. The Labute approximate surface area is 111 Å². The molecule has 0 amide bonds. The maximum atomic E-state index is 5.55. The molecular weight excluding hydrogens is 224 g/mol. The summed E-state index contributed by atoms with van der Waals surface area (Å²) < 4.78 is 5.55. The zero-order valence-corrected chi connectivity index (χ0v) is 11.6.